The number of hydrogen-bond acceptors (Lipinski definition) is 5. The molecule has 0 saturated carbocycles. The summed E-state index contributed by atoms with van der Waals surface area (Å²) < 4.78 is 7.25. The summed E-state index contributed by atoms with van der Waals surface area (Å²) in [6, 6.07) is 3.29. The maximum Gasteiger partial charge on any atom is 0.250 e. The Morgan fingerprint density at radius 2 is 2.37 bits per heavy atom. The molecule has 0 spiro atoms. The van der Waals surface area contributed by atoms with Gasteiger partial charge in [0.05, 0.1) is 25.0 Å². The van der Waals surface area contributed by atoms with Gasteiger partial charge in [0.15, 0.2) is 0 Å². The van der Waals surface area contributed by atoms with Gasteiger partial charge in [0, 0.05) is 25.9 Å². The van der Waals surface area contributed by atoms with Crippen LogP contribution in [-0.4, -0.2) is 23.3 Å². The molecule has 0 aromatic carbocycles. The highest BCUT2D eigenvalue weighted by Gasteiger charge is 2.02. The van der Waals surface area contributed by atoms with Gasteiger partial charge < -0.3 is 14.6 Å². The zero-order chi connectivity index (χ0) is 13.7. The average Bonchev–Trinajstić information content (AvgIpc) is 2.82. The lowest BCUT2D eigenvalue weighted by atomic mass is 10.4. The van der Waals surface area contributed by atoms with E-state index in [9.17, 15) is 4.79 Å². The lowest BCUT2D eigenvalue weighted by molar-refractivity contribution is 0.186. The van der Waals surface area contributed by atoms with E-state index in [0.717, 1.165) is 10.7 Å². The van der Waals surface area contributed by atoms with E-state index in [1.165, 1.54) is 17.4 Å². The van der Waals surface area contributed by atoms with E-state index in [1.54, 1.807) is 30.1 Å². The first-order chi connectivity index (χ1) is 9.19. The summed E-state index contributed by atoms with van der Waals surface area (Å²) in [5.74, 6) is 0. The fourth-order valence-electron chi connectivity index (χ4n) is 1.55. The normalized spacial score (nSPS) is 10.6. The van der Waals surface area contributed by atoms with Crippen LogP contribution in [0, 0.1) is 0 Å². The molecule has 7 heteroatoms. The summed E-state index contributed by atoms with van der Waals surface area (Å²) in [6.45, 7) is 1.62. The molecule has 0 saturated heterocycles. The Balaban J connectivity index is 2.02. The number of pyridine rings is 1. The Morgan fingerprint density at radius 1 is 1.53 bits per heavy atom. The molecule has 1 N–H and O–H groups in total. The van der Waals surface area contributed by atoms with Gasteiger partial charge in [-0.15, -0.1) is 11.3 Å². The zero-order valence-corrected chi connectivity index (χ0v) is 12.0. The molecule has 0 aliphatic carbocycles. The predicted molar refractivity (Wildman–Crippen MR) is 77.0 cm³/mol. The van der Waals surface area contributed by atoms with E-state index >= 15 is 0 Å². The lowest BCUT2D eigenvalue weighted by Gasteiger charge is -2.08. The minimum absolute atomic E-state index is 0.0418. The third-order valence-corrected chi connectivity index (χ3v) is 3.60. The van der Waals surface area contributed by atoms with Crippen molar-refractivity contribution < 1.29 is 4.74 Å². The van der Waals surface area contributed by atoms with Crippen LogP contribution in [-0.2, 0) is 17.8 Å². The van der Waals surface area contributed by atoms with Gasteiger partial charge in [-0.2, -0.15) is 0 Å². The molecule has 0 amide bonds. The topological polar surface area (TPSA) is 56.1 Å². The van der Waals surface area contributed by atoms with Crippen molar-refractivity contribution in [1.29, 1.82) is 0 Å². The number of hydrogen-bond donors (Lipinski definition) is 1. The third kappa shape index (κ3) is 4.05. The Labute approximate surface area is 119 Å². The first-order valence-corrected chi connectivity index (χ1v) is 6.92. The van der Waals surface area contributed by atoms with Crippen LogP contribution in [0.4, 0.5) is 5.69 Å². The molecule has 0 radical (unpaired) electrons. The summed E-state index contributed by atoms with van der Waals surface area (Å²) in [5.41, 5.74) is 0.821. The van der Waals surface area contributed by atoms with Gasteiger partial charge >= 0.3 is 0 Å². The van der Waals surface area contributed by atoms with Crippen LogP contribution in [0.15, 0.2) is 29.3 Å². The largest absolute Gasteiger partial charge is 0.383 e. The molecule has 0 fully saturated rings. The van der Waals surface area contributed by atoms with Crippen LogP contribution in [0.2, 0.25) is 4.34 Å². The first-order valence-electron chi connectivity index (χ1n) is 5.72. The first kappa shape index (κ1) is 14.0. The van der Waals surface area contributed by atoms with Gasteiger partial charge in [-0.05, 0) is 6.07 Å². The quantitative estimate of drug-likeness (QED) is 0.888. The fourth-order valence-corrected chi connectivity index (χ4v) is 2.44. The molecule has 0 atom stereocenters. The number of methoxy groups -OCH3 is 1. The van der Waals surface area contributed by atoms with E-state index in [1.807, 2.05) is 0 Å². The molecule has 102 valence electrons. The van der Waals surface area contributed by atoms with Crippen molar-refractivity contribution in [2.75, 3.05) is 19.0 Å². The van der Waals surface area contributed by atoms with Crippen molar-refractivity contribution in [3.8, 4) is 0 Å². The molecule has 5 nitrogen and oxygen atoms in total. The highest BCUT2D eigenvalue weighted by atomic mass is 35.5. The molecular weight excluding hydrogens is 286 g/mol. The monoisotopic (exact) mass is 299 g/mol. The SMILES string of the molecule is COCCn1cc(NCc2ncc(Cl)s2)ccc1=O. The van der Waals surface area contributed by atoms with Crippen molar-refractivity contribution >= 4 is 28.6 Å². The zero-order valence-electron chi connectivity index (χ0n) is 10.4. The van der Waals surface area contributed by atoms with E-state index in [4.69, 9.17) is 16.3 Å². The second kappa shape index (κ2) is 6.70. The van der Waals surface area contributed by atoms with Crippen molar-refractivity contribution in [3.63, 3.8) is 0 Å². The van der Waals surface area contributed by atoms with E-state index in [0.29, 0.717) is 24.0 Å². The smallest absolute Gasteiger partial charge is 0.250 e. The highest BCUT2D eigenvalue weighted by molar-refractivity contribution is 7.15. The van der Waals surface area contributed by atoms with Crippen molar-refractivity contribution in [2.24, 2.45) is 0 Å². The molecule has 0 unspecified atom stereocenters. The molecule has 0 aliphatic heterocycles. The molecule has 2 rings (SSSR count). The number of thiazole rings is 1. The maximum atomic E-state index is 11.6. The van der Waals surface area contributed by atoms with E-state index < -0.39 is 0 Å². The highest BCUT2D eigenvalue weighted by Crippen LogP contribution is 2.19. The maximum absolute atomic E-state index is 11.6. The second-order valence-electron chi connectivity index (χ2n) is 3.85. The Morgan fingerprint density at radius 3 is 3.05 bits per heavy atom. The van der Waals surface area contributed by atoms with Crippen LogP contribution in [0.25, 0.3) is 0 Å². The van der Waals surface area contributed by atoms with Gasteiger partial charge in [-0.3, -0.25) is 4.79 Å². The Hall–Kier alpha value is -1.37. The minimum atomic E-state index is -0.0418. The van der Waals surface area contributed by atoms with Crippen LogP contribution >= 0.6 is 22.9 Å². The summed E-state index contributed by atoms with van der Waals surface area (Å²) in [6.07, 6.45) is 3.40. The van der Waals surface area contributed by atoms with E-state index in [2.05, 4.69) is 10.3 Å². The number of rotatable bonds is 6. The van der Waals surface area contributed by atoms with Gasteiger partial charge in [0.25, 0.3) is 5.56 Å². The van der Waals surface area contributed by atoms with Gasteiger partial charge in [-0.1, -0.05) is 11.6 Å². The summed E-state index contributed by atoms with van der Waals surface area (Å²) in [5, 5.41) is 4.11. The number of ether oxygens (including phenoxy) is 1. The number of halogens is 1. The van der Waals surface area contributed by atoms with Gasteiger partial charge in [-0.25, -0.2) is 4.98 Å². The molecule has 0 bridgehead atoms. The van der Waals surface area contributed by atoms with Crippen LogP contribution in [0.5, 0.6) is 0 Å². The summed E-state index contributed by atoms with van der Waals surface area (Å²) >= 11 is 7.25. The van der Waals surface area contributed by atoms with Crippen molar-refractivity contribution in [2.45, 2.75) is 13.1 Å². The minimum Gasteiger partial charge on any atom is -0.383 e. The Bertz CT molecular complexity index is 597. The van der Waals surface area contributed by atoms with Crippen LogP contribution < -0.4 is 10.9 Å². The van der Waals surface area contributed by atoms with Crippen LogP contribution in [0.1, 0.15) is 5.01 Å². The standard InChI is InChI=1S/C12H14ClN3O2S/c1-18-5-4-16-8-9(2-3-12(16)17)14-7-11-15-6-10(13)19-11/h2-3,6,8,14H,4-5,7H2,1H3. The summed E-state index contributed by atoms with van der Waals surface area (Å²) in [4.78, 5) is 15.8. The molecule has 2 aromatic heterocycles. The van der Waals surface area contributed by atoms with Crippen LogP contribution in [0.3, 0.4) is 0 Å². The second-order valence-corrected chi connectivity index (χ2v) is 5.60. The van der Waals surface area contributed by atoms with Gasteiger partial charge in [0.1, 0.15) is 9.34 Å². The molecular formula is C12H14ClN3O2S. The fraction of sp³-hybridized carbons (Fsp3) is 0.333. The number of anilines is 1. The number of aromatic nitrogens is 2. The average molecular weight is 300 g/mol. The number of nitrogens with zero attached hydrogens (tertiary/aromatic N) is 2. The van der Waals surface area contributed by atoms with E-state index in [-0.39, 0.29) is 5.56 Å². The summed E-state index contributed by atoms with van der Waals surface area (Å²) in [7, 11) is 1.61. The number of nitrogens with one attached hydrogen (secondary N) is 1. The molecule has 2 aromatic rings. The molecule has 2 heterocycles. The van der Waals surface area contributed by atoms with Crippen molar-refractivity contribution in [3.05, 3.63) is 44.2 Å². The lowest BCUT2D eigenvalue weighted by Crippen LogP contribution is -2.21. The molecule has 0 aliphatic rings. The predicted octanol–water partition coefficient (Wildman–Crippen LogP) is 2.22. The molecule has 19 heavy (non-hydrogen) atoms. The van der Waals surface area contributed by atoms with Gasteiger partial charge in [0.2, 0.25) is 0 Å². The van der Waals surface area contributed by atoms with Crippen molar-refractivity contribution in [1.82, 2.24) is 9.55 Å². The Kier molecular flexibility index (Phi) is 4.95. The third-order valence-electron chi connectivity index (χ3n) is 2.49.